The fourth-order valence-electron chi connectivity index (χ4n) is 2.96. The van der Waals surface area contributed by atoms with E-state index >= 15 is 0 Å². The van der Waals surface area contributed by atoms with E-state index in [4.69, 9.17) is 9.47 Å². The van der Waals surface area contributed by atoms with Gasteiger partial charge in [-0.25, -0.2) is 0 Å². The molecule has 28 heavy (non-hydrogen) atoms. The molecule has 0 aliphatic carbocycles. The van der Waals surface area contributed by atoms with Crippen molar-refractivity contribution in [3.05, 3.63) is 64.1 Å². The minimum absolute atomic E-state index is 0.0388. The Morgan fingerprint density at radius 1 is 1.18 bits per heavy atom. The topological polar surface area (TPSA) is 65.4 Å². The van der Waals surface area contributed by atoms with Crippen molar-refractivity contribution in [2.75, 3.05) is 19.8 Å². The second-order valence-corrected chi connectivity index (χ2v) is 7.38. The third-order valence-corrected chi connectivity index (χ3v) is 5.18. The lowest BCUT2D eigenvalue weighted by Gasteiger charge is -2.19. The number of nitrogens with one attached hydrogen (secondary N) is 1. The van der Waals surface area contributed by atoms with Crippen LogP contribution in [0.5, 0.6) is 11.5 Å². The van der Waals surface area contributed by atoms with Crippen molar-refractivity contribution < 1.29 is 14.3 Å². The molecule has 6 nitrogen and oxygen atoms in total. The number of rotatable bonds is 9. The molecule has 2 aromatic heterocycles. The number of amides is 1. The van der Waals surface area contributed by atoms with E-state index in [1.54, 1.807) is 23.5 Å². The summed E-state index contributed by atoms with van der Waals surface area (Å²) in [5.74, 6) is 1.24. The number of aryl methyl sites for hydroxylation is 2. The first-order valence-corrected chi connectivity index (χ1v) is 10.1. The summed E-state index contributed by atoms with van der Waals surface area (Å²) in [5, 5.41) is 9.59. The van der Waals surface area contributed by atoms with Gasteiger partial charge in [0.15, 0.2) is 6.61 Å². The average molecular weight is 400 g/mol. The van der Waals surface area contributed by atoms with Crippen molar-refractivity contribution in [2.24, 2.45) is 0 Å². The summed E-state index contributed by atoms with van der Waals surface area (Å²) in [6, 6.07) is 13.3. The van der Waals surface area contributed by atoms with Crippen molar-refractivity contribution in [2.45, 2.75) is 26.8 Å². The van der Waals surface area contributed by atoms with Crippen LogP contribution in [-0.2, 0) is 4.79 Å². The molecule has 0 aliphatic rings. The van der Waals surface area contributed by atoms with Gasteiger partial charge in [0, 0.05) is 17.1 Å². The lowest BCUT2D eigenvalue weighted by molar-refractivity contribution is -0.123. The molecule has 1 aromatic carbocycles. The molecule has 0 spiro atoms. The number of ether oxygens (including phenoxy) is 2. The summed E-state index contributed by atoms with van der Waals surface area (Å²) in [5.41, 5.74) is 2.03. The number of carbonyl (C=O) groups excluding carboxylic acids is 1. The maximum atomic E-state index is 12.3. The summed E-state index contributed by atoms with van der Waals surface area (Å²) >= 11 is 1.66. The standard InChI is InChI=1S/C21H25N3O3S/c1-4-26-17-7-9-18(10-8-17)27-14-21(25)22-13-19(20-6-5-11-28-20)24-16(3)12-15(2)23-24/h5-12,19H,4,13-14H2,1-3H3,(H,22,25). The average Bonchev–Trinajstić information content (AvgIpc) is 3.32. The second kappa shape index (κ2) is 9.41. The highest BCUT2D eigenvalue weighted by Crippen LogP contribution is 2.24. The molecule has 1 N–H and O–H groups in total. The Bertz CT molecular complexity index is 888. The maximum absolute atomic E-state index is 12.3. The van der Waals surface area contributed by atoms with Crippen LogP contribution in [0.4, 0.5) is 0 Å². The number of thiophene rings is 1. The number of aromatic nitrogens is 2. The van der Waals surface area contributed by atoms with Crippen molar-refractivity contribution in [3.8, 4) is 11.5 Å². The molecule has 3 aromatic rings. The molecule has 1 atom stereocenters. The summed E-state index contributed by atoms with van der Waals surface area (Å²) in [4.78, 5) is 13.4. The Morgan fingerprint density at radius 2 is 1.89 bits per heavy atom. The molecule has 148 valence electrons. The van der Waals surface area contributed by atoms with E-state index in [1.165, 1.54) is 0 Å². The summed E-state index contributed by atoms with van der Waals surface area (Å²) in [6.45, 7) is 6.96. The lowest BCUT2D eigenvalue weighted by atomic mass is 10.2. The van der Waals surface area contributed by atoms with Crippen LogP contribution in [-0.4, -0.2) is 35.4 Å². The van der Waals surface area contributed by atoms with E-state index in [0.717, 1.165) is 22.0 Å². The van der Waals surface area contributed by atoms with E-state index in [0.29, 0.717) is 18.9 Å². The largest absolute Gasteiger partial charge is 0.494 e. The van der Waals surface area contributed by atoms with Gasteiger partial charge < -0.3 is 14.8 Å². The molecular weight excluding hydrogens is 374 g/mol. The highest BCUT2D eigenvalue weighted by atomic mass is 32.1. The Kier molecular flexibility index (Phi) is 6.71. The van der Waals surface area contributed by atoms with E-state index in [1.807, 2.05) is 55.1 Å². The Morgan fingerprint density at radius 3 is 2.46 bits per heavy atom. The smallest absolute Gasteiger partial charge is 0.258 e. The molecule has 1 amide bonds. The summed E-state index contributed by atoms with van der Waals surface area (Å²) in [6.07, 6.45) is 0. The third kappa shape index (κ3) is 5.13. The first-order chi connectivity index (χ1) is 13.6. The van der Waals surface area contributed by atoms with Crippen LogP contribution in [0.25, 0.3) is 0 Å². The molecule has 1 unspecified atom stereocenters. The fraction of sp³-hybridized carbons (Fsp3) is 0.333. The quantitative estimate of drug-likeness (QED) is 0.595. The molecule has 0 saturated carbocycles. The SMILES string of the molecule is CCOc1ccc(OCC(=O)NCC(c2cccs2)n2nc(C)cc2C)cc1. The van der Waals surface area contributed by atoms with Crippen molar-refractivity contribution >= 4 is 17.2 Å². The molecule has 3 rings (SSSR count). The second-order valence-electron chi connectivity index (χ2n) is 6.40. The minimum Gasteiger partial charge on any atom is -0.494 e. The number of carbonyl (C=O) groups is 1. The van der Waals surface area contributed by atoms with Crippen molar-refractivity contribution in [1.29, 1.82) is 0 Å². The molecule has 0 fully saturated rings. The van der Waals surface area contributed by atoms with Gasteiger partial charge in [-0.15, -0.1) is 11.3 Å². The number of hydrogen-bond acceptors (Lipinski definition) is 5. The summed E-state index contributed by atoms with van der Waals surface area (Å²) in [7, 11) is 0. The first kappa shape index (κ1) is 19.9. The maximum Gasteiger partial charge on any atom is 0.258 e. The third-order valence-electron chi connectivity index (χ3n) is 4.21. The van der Waals surface area contributed by atoms with Crippen LogP contribution in [0.2, 0.25) is 0 Å². The van der Waals surface area contributed by atoms with Gasteiger partial charge in [-0.2, -0.15) is 5.10 Å². The molecular formula is C21H25N3O3S. The van der Waals surface area contributed by atoms with Gasteiger partial charge in [-0.1, -0.05) is 6.07 Å². The normalized spacial score (nSPS) is 11.8. The molecule has 2 heterocycles. The van der Waals surface area contributed by atoms with E-state index in [9.17, 15) is 4.79 Å². The molecule has 0 saturated heterocycles. The van der Waals surface area contributed by atoms with Crippen molar-refractivity contribution in [1.82, 2.24) is 15.1 Å². The van der Waals surface area contributed by atoms with Crippen LogP contribution in [0.3, 0.4) is 0 Å². The minimum atomic E-state index is -0.169. The lowest BCUT2D eigenvalue weighted by Crippen LogP contribution is -2.34. The van der Waals surface area contributed by atoms with Crippen LogP contribution in [0.15, 0.2) is 47.8 Å². The zero-order valence-electron chi connectivity index (χ0n) is 16.3. The van der Waals surface area contributed by atoms with E-state index in [-0.39, 0.29) is 18.6 Å². The van der Waals surface area contributed by atoms with Crippen LogP contribution in [0, 0.1) is 13.8 Å². The zero-order chi connectivity index (χ0) is 19.9. The monoisotopic (exact) mass is 399 g/mol. The summed E-state index contributed by atoms with van der Waals surface area (Å²) < 4.78 is 12.9. The van der Waals surface area contributed by atoms with Gasteiger partial charge in [-0.05, 0) is 62.5 Å². The first-order valence-electron chi connectivity index (χ1n) is 9.25. The predicted molar refractivity (Wildman–Crippen MR) is 110 cm³/mol. The Labute approximate surface area is 169 Å². The van der Waals surface area contributed by atoms with Gasteiger partial charge in [0.05, 0.1) is 12.3 Å². The molecule has 0 bridgehead atoms. The van der Waals surface area contributed by atoms with Gasteiger partial charge in [0.2, 0.25) is 0 Å². The fourth-order valence-corrected chi connectivity index (χ4v) is 3.77. The zero-order valence-corrected chi connectivity index (χ0v) is 17.2. The Hall–Kier alpha value is -2.80. The van der Waals surface area contributed by atoms with Crippen molar-refractivity contribution in [3.63, 3.8) is 0 Å². The van der Waals surface area contributed by atoms with Crippen LogP contribution in [0.1, 0.15) is 29.2 Å². The van der Waals surface area contributed by atoms with E-state index in [2.05, 4.69) is 16.5 Å². The van der Waals surface area contributed by atoms with Gasteiger partial charge in [0.25, 0.3) is 5.91 Å². The molecule has 0 radical (unpaired) electrons. The Balaban J connectivity index is 1.57. The van der Waals surface area contributed by atoms with Gasteiger partial charge in [-0.3, -0.25) is 9.48 Å². The van der Waals surface area contributed by atoms with Gasteiger partial charge in [0.1, 0.15) is 17.5 Å². The van der Waals surface area contributed by atoms with Crippen LogP contribution < -0.4 is 14.8 Å². The van der Waals surface area contributed by atoms with Crippen LogP contribution >= 0.6 is 11.3 Å². The number of nitrogens with zero attached hydrogens (tertiary/aromatic N) is 2. The number of benzene rings is 1. The van der Waals surface area contributed by atoms with Gasteiger partial charge >= 0.3 is 0 Å². The highest BCUT2D eigenvalue weighted by molar-refractivity contribution is 7.10. The number of hydrogen-bond donors (Lipinski definition) is 1. The highest BCUT2D eigenvalue weighted by Gasteiger charge is 2.19. The van der Waals surface area contributed by atoms with E-state index < -0.39 is 0 Å². The molecule has 0 aliphatic heterocycles. The predicted octanol–water partition coefficient (Wildman–Crippen LogP) is 3.74. The molecule has 7 heteroatoms.